The highest BCUT2D eigenvalue weighted by atomic mass is 19.4. The van der Waals surface area contributed by atoms with Crippen LogP contribution >= 0.6 is 0 Å². The van der Waals surface area contributed by atoms with Crippen molar-refractivity contribution in [2.75, 3.05) is 19.6 Å². The van der Waals surface area contributed by atoms with Crippen molar-refractivity contribution in [3.05, 3.63) is 0 Å². The van der Waals surface area contributed by atoms with Crippen LogP contribution in [0.4, 0.5) is 13.2 Å². The largest absolute Gasteiger partial charge is 0.391 e. The minimum absolute atomic E-state index is 0.107. The van der Waals surface area contributed by atoms with Gasteiger partial charge in [-0.1, -0.05) is 6.92 Å². The van der Waals surface area contributed by atoms with Crippen LogP contribution < -0.4 is 11.3 Å². The summed E-state index contributed by atoms with van der Waals surface area (Å²) in [6.45, 7) is 3.29. The molecule has 0 amide bonds. The van der Waals surface area contributed by atoms with E-state index in [1.165, 1.54) is 0 Å². The summed E-state index contributed by atoms with van der Waals surface area (Å²) in [7, 11) is 0. The van der Waals surface area contributed by atoms with E-state index in [0.29, 0.717) is 25.6 Å². The Balaban J connectivity index is 2.50. The predicted molar refractivity (Wildman–Crippen MR) is 60.3 cm³/mol. The van der Waals surface area contributed by atoms with Gasteiger partial charge < -0.3 is 4.90 Å². The van der Waals surface area contributed by atoms with Crippen molar-refractivity contribution in [1.82, 2.24) is 10.3 Å². The molecule has 0 unspecified atom stereocenters. The fraction of sp³-hybridized carbons (Fsp3) is 0.900. The zero-order valence-electron chi connectivity index (χ0n) is 9.93. The maximum absolute atomic E-state index is 12.5. The van der Waals surface area contributed by atoms with E-state index < -0.39 is 12.1 Å². The number of aliphatic imine (C=N–C) groups is 1. The molecule has 1 heterocycles. The fourth-order valence-electron chi connectivity index (χ4n) is 1.87. The van der Waals surface area contributed by atoms with E-state index in [2.05, 4.69) is 10.4 Å². The van der Waals surface area contributed by atoms with Gasteiger partial charge in [0, 0.05) is 19.6 Å². The van der Waals surface area contributed by atoms with Crippen molar-refractivity contribution in [3.8, 4) is 0 Å². The van der Waals surface area contributed by atoms with Crippen LogP contribution in [0, 0.1) is 5.92 Å². The van der Waals surface area contributed by atoms with Gasteiger partial charge in [-0.2, -0.15) is 13.2 Å². The first-order valence-electron chi connectivity index (χ1n) is 5.81. The van der Waals surface area contributed by atoms with Gasteiger partial charge in [0.05, 0.1) is 5.92 Å². The van der Waals surface area contributed by atoms with E-state index >= 15 is 0 Å². The SMILES string of the molecule is CCCN=C(NN)N1CCC(C(F)(F)F)CC1. The molecule has 1 rings (SSSR count). The van der Waals surface area contributed by atoms with Crippen LogP contribution in [0.15, 0.2) is 4.99 Å². The van der Waals surface area contributed by atoms with E-state index in [-0.39, 0.29) is 12.8 Å². The number of alkyl halides is 3. The summed E-state index contributed by atoms with van der Waals surface area (Å²) >= 11 is 0. The first-order chi connectivity index (χ1) is 7.99. The molecule has 4 nitrogen and oxygen atoms in total. The minimum atomic E-state index is -4.08. The van der Waals surface area contributed by atoms with Crippen LogP contribution in [0.3, 0.4) is 0 Å². The van der Waals surface area contributed by atoms with Gasteiger partial charge in [-0.3, -0.25) is 10.4 Å². The second-order valence-corrected chi connectivity index (χ2v) is 4.15. The van der Waals surface area contributed by atoms with Gasteiger partial charge in [0.2, 0.25) is 5.96 Å². The van der Waals surface area contributed by atoms with Crippen molar-refractivity contribution in [1.29, 1.82) is 0 Å². The predicted octanol–water partition coefficient (Wildman–Crippen LogP) is 1.49. The second kappa shape index (κ2) is 6.09. The van der Waals surface area contributed by atoms with Crippen LogP contribution in [0.1, 0.15) is 26.2 Å². The Hall–Kier alpha value is -0.980. The number of nitrogens with one attached hydrogen (secondary N) is 1. The summed E-state index contributed by atoms with van der Waals surface area (Å²) in [6, 6.07) is 0. The number of guanidine groups is 1. The van der Waals surface area contributed by atoms with Gasteiger partial charge in [0.1, 0.15) is 0 Å². The molecule has 0 aromatic rings. The van der Waals surface area contributed by atoms with Gasteiger partial charge in [0.15, 0.2) is 0 Å². The summed E-state index contributed by atoms with van der Waals surface area (Å²) in [4.78, 5) is 5.97. The van der Waals surface area contributed by atoms with E-state index in [1.807, 2.05) is 6.92 Å². The number of rotatable bonds is 2. The Morgan fingerprint density at radius 2 is 2.00 bits per heavy atom. The second-order valence-electron chi connectivity index (χ2n) is 4.15. The lowest BCUT2D eigenvalue weighted by Crippen LogP contribution is -2.49. The molecule has 1 fully saturated rings. The lowest BCUT2D eigenvalue weighted by molar-refractivity contribution is -0.183. The van der Waals surface area contributed by atoms with Gasteiger partial charge in [-0.25, -0.2) is 5.84 Å². The highest BCUT2D eigenvalue weighted by Crippen LogP contribution is 2.33. The number of piperidine rings is 1. The van der Waals surface area contributed by atoms with Crippen molar-refractivity contribution >= 4 is 5.96 Å². The molecule has 0 saturated carbocycles. The highest BCUT2D eigenvalue weighted by Gasteiger charge is 2.41. The molecule has 0 aliphatic carbocycles. The van der Waals surface area contributed by atoms with Gasteiger partial charge in [-0.15, -0.1) is 0 Å². The molecule has 100 valence electrons. The summed E-state index contributed by atoms with van der Waals surface area (Å²) in [6.07, 6.45) is -2.99. The number of hydrazine groups is 1. The third-order valence-electron chi connectivity index (χ3n) is 2.87. The number of nitrogens with zero attached hydrogens (tertiary/aromatic N) is 2. The molecular weight excluding hydrogens is 233 g/mol. The molecule has 0 bridgehead atoms. The standard InChI is InChI=1S/C10H19F3N4/c1-2-5-15-9(16-14)17-6-3-8(4-7-17)10(11,12)13/h8H,2-7,14H2,1H3,(H,15,16). The zero-order valence-corrected chi connectivity index (χ0v) is 9.93. The third kappa shape index (κ3) is 4.07. The Morgan fingerprint density at radius 1 is 1.41 bits per heavy atom. The molecule has 0 aromatic heterocycles. The Kier molecular flexibility index (Phi) is 5.04. The van der Waals surface area contributed by atoms with E-state index in [4.69, 9.17) is 5.84 Å². The number of likely N-dealkylation sites (tertiary alicyclic amines) is 1. The molecule has 7 heteroatoms. The molecule has 0 aromatic carbocycles. The minimum Gasteiger partial charge on any atom is -0.342 e. The topological polar surface area (TPSA) is 53.6 Å². The average molecular weight is 252 g/mol. The van der Waals surface area contributed by atoms with Crippen LogP contribution in [-0.2, 0) is 0 Å². The van der Waals surface area contributed by atoms with E-state index in [9.17, 15) is 13.2 Å². The Labute approximate surface area is 99.0 Å². The first-order valence-corrected chi connectivity index (χ1v) is 5.81. The lowest BCUT2D eigenvalue weighted by Gasteiger charge is -2.34. The Morgan fingerprint density at radius 3 is 2.41 bits per heavy atom. The number of hydrogen-bond donors (Lipinski definition) is 2. The quantitative estimate of drug-likeness (QED) is 0.339. The van der Waals surface area contributed by atoms with Gasteiger partial charge in [0.25, 0.3) is 0 Å². The maximum atomic E-state index is 12.5. The molecule has 0 radical (unpaired) electrons. The average Bonchev–Trinajstić information content (AvgIpc) is 2.29. The molecule has 1 saturated heterocycles. The summed E-state index contributed by atoms with van der Waals surface area (Å²) < 4.78 is 37.4. The van der Waals surface area contributed by atoms with Crippen LogP contribution in [-0.4, -0.2) is 36.7 Å². The smallest absolute Gasteiger partial charge is 0.342 e. The molecule has 0 atom stereocenters. The van der Waals surface area contributed by atoms with Gasteiger partial charge in [-0.05, 0) is 19.3 Å². The molecule has 3 N–H and O–H groups in total. The molecular formula is C10H19F3N4. The third-order valence-corrected chi connectivity index (χ3v) is 2.87. The van der Waals surface area contributed by atoms with Crippen LogP contribution in [0.2, 0.25) is 0 Å². The fourth-order valence-corrected chi connectivity index (χ4v) is 1.87. The number of halogens is 3. The van der Waals surface area contributed by atoms with E-state index in [1.54, 1.807) is 4.90 Å². The monoisotopic (exact) mass is 252 g/mol. The van der Waals surface area contributed by atoms with Crippen LogP contribution in [0.25, 0.3) is 0 Å². The Bertz CT molecular complexity index is 257. The lowest BCUT2D eigenvalue weighted by atomic mass is 9.96. The van der Waals surface area contributed by atoms with E-state index in [0.717, 1.165) is 6.42 Å². The zero-order chi connectivity index (χ0) is 12.9. The maximum Gasteiger partial charge on any atom is 0.391 e. The van der Waals surface area contributed by atoms with Crippen molar-refractivity contribution in [2.24, 2.45) is 16.8 Å². The molecule has 1 aliphatic heterocycles. The normalized spacial score (nSPS) is 19.6. The van der Waals surface area contributed by atoms with Gasteiger partial charge >= 0.3 is 6.18 Å². The molecule has 0 spiro atoms. The number of nitrogens with two attached hydrogens (primary N) is 1. The first kappa shape index (κ1) is 14.1. The van der Waals surface area contributed by atoms with Crippen molar-refractivity contribution in [3.63, 3.8) is 0 Å². The van der Waals surface area contributed by atoms with Crippen molar-refractivity contribution < 1.29 is 13.2 Å². The summed E-state index contributed by atoms with van der Waals surface area (Å²) in [5.74, 6) is 4.62. The summed E-state index contributed by atoms with van der Waals surface area (Å²) in [5.41, 5.74) is 2.45. The van der Waals surface area contributed by atoms with Crippen LogP contribution in [0.5, 0.6) is 0 Å². The van der Waals surface area contributed by atoms with Crippen molar-refractivity contribution in [2.45, 2.75) is 32.4 Å². The summed E-state index contributed by atoms with van der Waals surface area (Å²) in [5, 5.41) is 0. The number of hydrogen-bond acceptors (Lipinski definition) is 2. The molecule has 1 aliphatic rings. The highest BCUT2D eigenvalue weighted by molar-refractivity contribution is 5.79. The molecule has 17 heavy (non-hydrogen) atoms.